The van der Waals surface area contributed by atoms with Crippen molar-refractivity contribution in [1.82, 2.24) is 4.72 Å². The molecule has 1 heterocycles. The van der Waals surface area contributed by atoms with Gasteiger partial charge in [0.25, 0.3) is 0 Å². The average Bonchev–Trinajstić information content (AvgIpc) is 2.77. The second-order valence-electron chi connectivity index (χ2n) is 4.50. The van der Waals surface area contributed by atoms with Gasteiger partial charge in [0.2, 0.25) is 10.0 Å². The second-order valence-corrected chi connectivity index (χ2v) is 6.22. The van der Waals surface area contributed by atoms with Crippen LogP contribution in [0.5, 0.6) is 0 Å². The summed E-state index contributed by atoms with van der Waals surface area (Å²) in [5, 5.41) is 0. The van der Waals surface area contributed by atoms with E-state index in [0.717, 1.165) is 12.1 Å². The molecule has 0 aromatic heterocycles. The van der Waals surface area contributed by atoms with Crippen LogP contribution in [0, 0.1) is 11.7 Å². The zero-order chi connectivity index (χ0) is 13.9. The Labute approximate surface area is 112 Å². The lowest BCUT2D eigenvalue weighted by Gasteiger charge is -2.17. The summed E-state index contributed by atoms with van der Waals surface area (Å²) in [6.07, 6.45) is 2.44. The molecular formula is C13H16FNO3S. The molecule has 2 rings (SSSR count). The number of allylic oxidation sites excluding steroid dienone is 1. The van der Waals surface area contributed by atoms with E-state index in [0.29, 0.717) is 19.6 Å². The van der Waals surface area contributed by atoms with Crippen LogP contribution in [0.1, 0.15) is 6.42 Å². The molecule has 19 heavy (non-hydrogen) atoms. The minimum absolute atomic E-state index is 0.0538. The van der Waals surface area contributed by atoms with Gasteiger partial charge in [-0.3, -0.25) is 0 Å². The Bertz CT molecular complexity index is 542. The van der Waals surface area contributed by atoms with Crippen molar-refractivity contribution in [2.24, 2.45) is 5.92 Å². The smallest absolute Gasteiger partial charge is 0.240 e. The van der Waals surface area contributed by atoms with Gasteiger partial charge in [-0.1, -0.05) is 6.08 Å². The van der Waals surface area contributed by atoms with Crippen molar-refractivity contribution in [2.75, 3.05) is 13.2 Å². The highest BCUT2D eigenvalue weighted by Gasteiger charge is 2.31. The summed E-state index contributed by atoms with van der Waals surface area (Å²) >= 11 is 0. The molecule has 1 aliphatic heterocycles. The normalized spacial score (nSPS) is 23.4. The number of ether oxygens (including phenoxy) is 1. The maximum Gasteiger partial charge on any atom is 0.240 e. The Morgan fingerprint density at radius 1 is 1.37 bits per heavy atom. The molecular weight excluding hydrogens is 269 g/mol. The summed E-state index contributed by atoms with van der Waals surface area (Å²) in [6, 6.07) is 4.47. The molecule has 1 N–H and O–H groups in total. The quantitative estimate of drug-likeness (QED) is 0.838. The lowest BCUT2D eigenvalue weighted by Crippen LogP contribution is -2.39. The predicted molar refractivity (Wildman–Crippen MR) is 69.6 cm³/mol. The van der Waals surface area contributed by atoms with Gasteiger partial charge in [-0.15, -0.1) is 6.58 Å². The summed E-state index contributed by atoms with van der Waals surface area (Å²) in [5.74, 6) is -0.375. The Morgan fingerprint density at radius 2 is 2.05 bits per heavy atom. The van der Waals surface area contributed by atoms with E-state index in [1.54, 1.807) is 6.08 Å². The van der Waals surface area contributed by atoms with E-state index in [1.807, 2.05) is 0 Å². The van der Waals surface area contributed by atoms with E-state index in [-0.39, 0.29) is 16.9 Å². The van der Waals surface area contributed by atoms with Crippen molar-refractivity contribution in [3.8, 4) is 0 Å². The molecule has 104 valence electrons. The first kappa shape index (κ1) is 14.2. The zero-order valence-electron chi connectivity index (χ0n) is 10.4. The number of hydrogen-bond acceptors (Lipinski definition) is 3. The number of rotatable bonds is 5. The number of nitrogens with one attached hydrogen (secondary N) is 1. The van der Waals surface area contributed by atoms with Crippen LogP contribution in [0.25, 0.3) is 0 Å². The third kappa shape index (κ3) is 3.40. The maximum atomic E-state index is 12.8. The van der Waals surface area contributed by atoms with Gasteiger partial charge in [-0.05, 0) is 30.7 Å². The molecule has 1 saturated heterocycles. The minimum atomic E-state index is -3.64. The molecule has 0 saturated carbocycles. The molecule has 0 bridgehead atoms. The van der Waals surface area contributed by atoms with E-state index in [9.17, 15) is 12.8 Å². The summed E-state index contributed by atoms with van der Waals surface area (Å²) in [7, 11) is -3.64. The van der Waals surface area contributed by atoms with Crippen molar-refractivity contribution < 1.29 is 17.5 Å². The molecule has 1 aromatic carbocycles. The van der Waals surface area contributed by atoms with Crippen LogP contribution in [0.4, 0.5) is 4.39 Å². The van der Waals surface area contributed by atoms with Gasteiger partial charge in [0, 0.05) is 5.92 Å². The Morgan fingerprint density at radius 3 is 2.68 bits per heavy atom. The fourth-order valence-corrected chi connectivity index (χ4v) is 3.35. The first-order valence-corrected chi connectivity index (χ1v) is 7.48. The maximum absolute atomic E-state index is 12.8. The Kier molecular flexibility index (Phi) is 4.34. The Balaban J connectivity index is 2.12. The first-order valence-electron chi connectivity index (χ1n) is 5.99. The third-order valence-corrected chi connectivity index (χ3v) is 4.60. The van der Waals surface area contributed by atoms with Crippen molar-refractivity contribution in [3.05, 3.63) is 42.7 Å². The van der Waals surface area contributed by atoms with E-state index in [4.69, 9.17) is 4.74 Å². The summed E-state index contributed by atoms with van der Waals surface area (Å²) in [5.41, 5.74) is 0. The molecule has 0 spiro atoms. The van der Waals surface area contributed by atoms with Gasteiger partial charge in [-0.2, -0.15) is 0 Å². The van der Waals surface area contributed by atoms with Crippen molar-refractivity contribution >= 4 is 10.0 Å². The van der Waals surface area contributed by atoms with E-state index in [1.165, 1.54) is 12.1 Å². The molecule has 4 nitrogen and oxygen atoms in total. The van der Waals surface area contributed by atoms with Gasteiger partial charge in [0.15, 0.2) is 0 Å². The Hall–Kier alpha value is -1.24. The van der Waals surface area contributed by atoms with Gasteiger partial charge in [0.1, 0.15) is 5.82 Å². The number of benzene rings is 1. The molecule has 1 fully saturated rings. The third-order valence-electron chi connectivity index (χ3n) is 3.10. The fourth-order valence-electron chi connectivity index (χ4n) is 2.06. The number of hydrogen-bond donors (Lipinski definition) is 1. The first-order chi connectivity index (χ1) is 9.03. The monoisotopic (exact) mass is 285 g/mol. The minimum Gasteiger partial charge on any atom is -0.379 e. The largest absolute Gasteiger partial charge is 0.379 e. The summed E-state index contributed by atoms with van der Waals surface area (Å²) < 4.78 is 45.0. The van der Waals surface area contributed by atoms with Gasteiger partial charge >= 0.3 is 0 Å². The molecule has 1 aromatic rings. The van der Waals surface area contributed by atoms with Crippen LogP contribution in [0.15, 0.2) is 41.8 Å². The van der Waals surface area contributed by atoms with Crippen LogP contribution in [-0.2, 0) is 14.8 Å². The van der Waals surface area contributed by atoms with Gasteiger partial charge in [-0.25, -0.2) is 17.5 Å². The molecule has 0 radical (unpaired) electrons. The van der Waals surface area contributed by atoms with Crippen molar-refractivity contribution in [2.45, 2.75) is 17.4 Å². The topological polar surface area (TPSA) is 55.4 Å². The molecule has 2 unspecified atom stereocenters. The van der Waals surface area contributed by atoms with Crippen molar-refractivity contribution in [1.29, 1.82) is 0 Å². The predicted octanol–water partition coefficient (Wildman–Crippen LogP) is 1.70. The number of halogens is 1. The van der Waals surface area contributed by atoms with Crippen LogP contribution < -0.4 is 4.72 Å². The lowest BCUT2D eigenvalue weighted by molar-refractivity contribution is 0.184. The standard InChI is InChI=1S/C13H16FNO3S/c1-2-3-10-8-18-9-13(10)15-19(16,17)12-6-4-11(14)5-7-12/h2,4-7,10,13,15H,1,3,8-9H2. The SMILES string of the molecule is C=CCC1COCC1NS(=O)(=O)c1ccc(F)cc1. The molecule has 1 aliphatic rings. The summed E-state index contributed by atoms with van der Waals surface area (Å²) in [6.45, 7) is 4.51. The van der Waals surface area contributed by atoms with E-state index >= 15 is 0 Å². The zero-order valence-corrected chi connectivity index (χ0v) is 11.2. The highest BCUT2D eigenvalue weighted by atomic mass is 32.2. The number of sulfonamides is 1. The molecule has 6 heteroatoms. The van der Waals surface area contributed by atoms with Gasteiger partial charge < -0.3 is 4.74 Å². The highest BCUT2D eigenvalue weighted by Crippen LogP contribution is 2.20. The average molecular weight is 285 g/mol. The molecule has 2 atom stereocenters. The van der Waals surface area contributed by atoms with E-state index < -0.39 is 15.8 Å². The summed E-state index contributed by atoms with van der Waals surface area (Å²) in [4.78, 5) is 0.0538. The fraction of sp³-hybridized carbons (Fsp3) is 0.385. The van der Waals surface area contributed by atoms with Gasteiger partial charge in [0.05, 0.1) is 24.2 Å². The van der Waals surface area contributed by atoms with Crippen molar-refractivity contribution in [3.63, 3.8) is 0 Å². The molecule has 0 amide bonds. The second kappa shape index (κ2) is 5.81. The van der Waals surface area contributed by atoms with E-state index in [2.05, 4.69) is 11.3 Å². The highest BCUT2D eigenvalue weighted by molar-refractivity contribution is 7.89. The van der Waals surface area contributed by atoms with Crippen LogP contribution in [-0.4, -0.2) is 27.7 Å². The van der Waals surface area contributed by atoms with Crippen LogP contribution in [0.3, 0.4) is 0 Å². The molecule has 0 aliphatic carbocycles. The lowest BCUT2D eigenvalue weighted by atomic mass is 10.0. The van der Waals surface area contributed by atoms with Crippen LogP contribution in [0.2, 0.25) is 0 Å². The van der Waals surface area contributed by atoms with Crippen LogP contribution >= 0.6 is 0 Å².